The first-order valence-corrected chi connectivity index (χ1v) is 7.20. The van der Waals surface area contributed by atoms with Crippen LogP contribution in [-0.4, -0.2) is 29.8 Å². The number of benzene rings is 1. The summed E-state index contributed by atoms with van der Waals surface area (Å²) in [5, 5.41) is 3.50. The maximum atomic E-state index is 5.49. The van der Waals surface area contributed by atoms with Crippen LogP contribution in [-0.2, 0) is 13.0 Å². The van der Waals surface area contributed by atoms with Crippen LogP contribution in [0.25, 0.3) is 11.3 Å². The van der Waals surface area contributed by atoms with Crippen molar-refractivity contribution < 1.29 is 4.74 Å². The van der Waals surface area contributed by atoms with Gasteiger partial charge in [0.25, 0.3) is 0 Å². The lowest BCUT2D eigenvalue weighted by Gasteiger charge is -2.20. The Balaban J connectivity index is 1.76. The summed E-state index contributed by atoms with van der Waals surface area (Å²) in [5.41, 5.74) is 2.71. The number of rotatable bonds is 2. The van der Waals surface area contributed by atoms with E-state index in [2.05, 4.69) is 27.0 Å². The van der Waals surface area contributed by atoms with Crippen LogP contribution in [0.5, 0.6) is 5.75 Å². The normalized spacial score (nSPS) is 24.2. The second-order valence-corrected chi connectivity index (χ2v) is 5.95. The molecule has 4 nitrogen and oxygen atoms in total. The Morgan fingerprint density at radius 1 is 1.35 bits per heavy atom. The third kappa shape index (κ3) is 1.68. The zero-order valence-electron chi connectivity index (χ0n) is 11.7. The van der Waals surface area contributed by atoms with E-state index in [0.29, 0.717) is 5.41 Å². The molecule has 3 heterocycles. The number of ether oxygens (including phenoxy) is 1. The molecule has 2 aliphatic heterocycles. The molecule has 1 aromatic heterocycles. The molecule has 4 rings (SSSR count). The summed E-state index contributed by atoms with van der Waals surface area (Å²) in [6, 6.07) is 8.18. The highest BCUT2D eigenvalue weighted by molar-refractivity contribution is 5.67. The number of aromatic nitrogens is 2. The van der Waals surface area contributed by atoms with Gasteiger partial charge in [0.1, 0.15) is 11.6 Å². The molecule has 0 saturated carbocycles. The summed E-state index contributed by atoms with van der Waals surface area (Å²) in [7, 11) is 1.72. The Kier molecular flexibility index (Phi) is 2.60. The molecule has 1 spiro atoms. The summed E-state index contributed by atoms with van der Waals surface area (Å²) in [4.78, 5) is 4.65. The Morgan fingerprint density at radius 2 is 2.25 bits per heavy atom. The molecule has 0 unspecified atom stereocenters. The largest absolute Gasteiger partial charge is 0.496 e. The fourth-order valence-electron chi connectivity index (χ4n) is 3.61. The van der Waals surface area contributed by atoms with E-state index in [1.54, 1.807) is 7.11 Å². The van der Waals surface area contributed by atoms with E-state index in [9.17, 15) is 0 Å². The molecular formula is C16H19N3O. The van der Waals surface area contributed by atoms with Crippen molar-refractivity contribution in [1.29, 1.82) is 0 Å². The predicted molar refractivity (Wildman–Crippen MR) is 77.8 cm³/mol. The number of fused-ring (bicyclic) bond motifs is 1. The van der Waals surface area contributed by atoms with Gasteiger partial charge in [-0.15, -0.1) is 0 Å². The van der Waals surface area contributed by atoms with Crippen molar-refractivity contribution in [1.82, 2.24) is 14.9 Å². The minimum absolute atomic E-state index is 0.389. The number of nitrogens with zero attached hydrogens (tertiary/aromatic N) is 2. The Bertz CT molecular complexity index is 641. The first kappa shape index (κ1) is 12.0. The summed E-state index contributed by atoms with van der Waals surface area (Å²) in [6.07, 6.45) is 4.33. The van der Waals surface area contributed by atoms with Crippen molar-refractivity contribution in [2.45, 2.75) is 19.4 Å². The molecule has 1 fully saturated rings. The monoisotopic (exact) mass is 269 g/mol. The first-order valence-electron chi connectivity index (χ1n) is 7.20. The Morgan fingerprint density at radius 3 is 3.05 bits per heavy atom. The van der Waals surface area contributed by atoms with E-state index in [1.165, 1.54) is 17.9 Å². The van der Waals surface area contributed by atoms with Gasteiger partial charge in [-0.25, -0.2) is 4.98 Å². The maximum absolute atomic E-state index is 5.49. The van der Waals surface area contributed by atoms with Crippen molar-refractivity contribution >= 4 is 0 Å². The van der Waals surface area contributed by atoms with Gasteiger partial charge in [-0.05, 0) is 25.1 Å². The van der Waals surface area contributed by atoms with Gasteiger partial charge >= 0.3 is 0 Å². The zero-order chi connectivity index (χ0) is 13.6. The Labute approximate surface area is 118 Å². The minimum atomic E-state index is 0.389. The highest BCUT2D eigenvalue weighted by Crippen LogP contribution is 2.41. The molecule has 2 aromatic rings. The molecule has 0 aliphatic carbocycles. The van der Waals surface area contributed by atoms with Crippen LogP contribution in [0.3, 0.4) is 0 Å². The molecule has 1 N–H and O–H groups in total. The van der Waals surface area contributed by atoms with Crippen molar-refractivity contribution in [3.63, 3.8) is 0 Å². The summed E-state index contributed by atoms with van der Waals surface area (Å²) < 4.78 is 7.87. The van der Waals surface area contributed by atoms with Crippen LogP contribution in [0.2, 0.25) is 0 Å². The molecule has 1 aromatic carbocycles. The SMILES string of the molecule is COc1ccccc1-c1cnc2n1C[C@]1(CCNC1)C2. The van der Waals surface area contributed by atoms with E-state index in [1.807, 2.05) is 18.3 Å². The van der Waals surface area contributed by atoms with Gasteiger partial charge in [-0.1, -0.05) is 12.1 Å². The van der Waals surface area contributed by atoms with Crippen LogP contribution >= 0.6 is 0 Å². The third-order valence-corrected chi connectivity index (χ3v) is 4.68. The highest BCUT2D eigenvalue weighted by atomic mass is 16.5. The number of imidazole rings is 1. The van der Waals surface area contributed by atoms with E-state index < -0.39 is 0 Å². The maximum Gasteiger partial charge on any atom is 0.128 e. The van der Waals surface area contributed by atoms with Crippen LogP contribution < -0.4 is 10.1 Å². The number of nitrogens with one attached hydrogen (secondary N) is 1. The molecule has 0 radical (unpaired) electrons. The topological polar surface area (TPSA) is 39.1 Å². The van der Waals surface area contributed by atoms with Crippen molar-refractivity contribution in [3.05, 3.63) is 36.3 Å². The molecule has 0 bridgehead atoms. The molecule has 20 heavy (non-hydrogen) atoms. The van der Waals surface area contributed by atoms with E-state index >= 15 is 0 Å². The highest BCUT2D eigenvalue weighted by Gasteiger charge is 2.41. The van der Waals surface area contributed by atoms with Crippen molar-refractivity contribution in [2.24, 2.45) is 5.41 Å². The second kappa shape index (κ2) is 4.35. The number of methoxy groups -OCH3 is 1. The lowest BCUT2D eigenvalue weighted by Crippen LogP contribution is -2.25. The van der Waals surface area contributed by atoms with Gasteiger partial charge in [0.15, 0.2) is 0 Å². The van der Waals surface area contributed by atoms with Crippen molar-refractivity contribution in [3.8, 4) is 17.0 Å². The van der Waals surface area contributed by atoms with E-state index in [0.717, 1.165) is 37.4 Å². The molecule has 2 aliphatic rings. The fraction of sp³-hybridized carbons (Fsp3) is 0.438. The molecule has 104 valence electrons. The lowest BCUT2D eigenvalue weighted by molar-refractivity contribution is 0.317. The predicted octanol–water partition coefficient (Wildman–Crippen LogP) is 2.09. The molecule has 0 amide bonds. The van der Waals surface area contributed by atoms with Crippen LogP contribution in [0.15, 0.2) is 30.5 Å². The van der Waals surface area contributed by atoms with E-state index in [4.69, 9.17) is 4.74 Å². The average Bonchev–Trinajstić information content (AvgIpc) is 3.16. The standard InChI is InChI=1S/C16H19N3O/c1-20-14-5-3-2-4-12(14)13-9-18-15-8-16(11-19(13)15)6-7-17-10-16/h2-5,9,17H,6-8,10-11H2,1H3/t16-/m1/s1. The minimum Gasteiger partial charge on any atom is -0.496 e. The van der Waals surface area contributed by atoms with Gasteiger partial charge in [0, 0.05) is 30.5 Å². The zero-order valence-corrected chi connectivity index (χ0v) is 11.7. The Hall–Kier alpha value is -1.81. The fourth-order valence-corrected chi connectivity index (χ4v) is 3.61. The summed E-state index contributed by atoms with van der Waals surface area (Å²) >= 11 is 0. The summed E-state index contributed by atoms with van der Waals surface area (Å²) in [6.45, 7) is 3.32. The first-order chi connectivity index (χ1) is 9.81. The molecular weight excluding hydrogens is 250 g/mol. The molecule has 1 saturated heterocycles. The van der Waals surface area contributed by atoms with Gasteiger partial charge in [-0.2, -0.15) is 0 Å². The average molecular weight is 269 g/mol. The smallest absolute Gasteiger partial charge is 0.128 e. The van der Waals surface area contributed by atoms with Gasteiger partial charge in [0.2, 0.25) is 0 Å². The molecule has 1 atom stereocenters. The number of hydrogen-bond acceptors (Lipinski definition) is 3. The van der Waals surface area contributed by atoms with Crippen molar-refractivity contribution in [2.75, 3.05) is 20.2 Å². The lowest BCUT2D eigenvalue weighted by atomic mass is 9.86. The van der Waals surface area contributed by atoms with Gasteiger partial charge < -0.3 is 14.6 Å². The summed E-state index contributed by atoms with van der Waals surface area (Å²) in [5.74, 6) is 2.13. The third-order valence-electron chi connectivity index (χ3n) is 4.68. The molecule has 4 heteroatoms. The van der Waals surface area contributed by atoms with Gasteiger partial charge in [-0.3, -0.25) is 0 Å². The second-order valence-electron chi connectivity index (χ2n) is 5.95. The van der Waals surface area contributed by atoms with Crippen LogP contribution in [0.1, 0.15) is 12.2 Å². The van der Waals surface area contributed by atoms with E-state index in [-0.39, 0.29) is 0 Å². The quantitative estimate of drug-likeness (QED) is 0.907. The van der Waals surface area contributed by atoms with Crippen LogP contribution in [0.4, 0.5) is 0 Å². The number of hydrogen-bond donors (Lipinski definition) is 1. The number of para-hydroxylation sites is 1. The van der Waals surface area contributed by atoms with Crippen LogP contribution in [0, 0.1) is 5.41 Å². The van der Waals surface area contributed by atoms with Gasteiger partial charge in [0.05, 0.1) is 19.0 Å².